The SMILES string of the molecule is Cc1onc(C(NCc2cccc(Cl)c2)c2ccc(Cl)nc2)c1NC(=O)c1ncc2ccccc2n1. The molecule has 0 aliphatic carbocycles. The lowest BCUT2D eigenvalue weighted by Crippen LogP contribution is -2.25. The van der Waals surface area contributed by atoms with Crippen molar-refractivity contribution in [1.82, 2.24) is 25.4 Å². The first kappa shape index (κ1) is 23.9. The first-order valence-corrected chi connectivity index (χ1v) is 11.8. The molecule has 10 heteroatoms. The monoisotopic (exact) mass is 518 g/mol. The molecule has 0 aliphatic rings. The smallest absolute Gasteiger partial charge is 0.293 e. The largest absolute Gasteiger partial charge is 0.359 e. The van der Waals surface area contributed by atoms with Crippen LogP contribution in [0.3, 0.4) is 0 Å². The fourth-order valence-electron chi connectivity index (χ4n) is 3.79. The van der Waals surface area contributed by atoms with Crippen LogP contribution in [0.25, 0.3) is 10.9 Å². The van der Waals surface area contributed by atoms with E-state index in [0.29, 0.717) is 39.4 Å². The summed E-state index contributed by atoms with van der Waals surface area (Å²) >= 11 is 12.2. The van der Waals surface area contributed by atoms with Gasteiger partial charge in [-0.25, -0.2) is 15.0 Å². The lowest BCUT2D eigenvalue weighted by molar-refractivity contribution is 0.101. The third-order valence-electron chi connectivity index (χ3n) is 5.58. The molecule has 2 N–H and O–H groups in total. The Balaban J connectivity index is 1.46. The highest BCUT2D eigenvalue weighted by Gasteiger charge is 2.26. The van der Waals surface area contributed by atoms with Gasteiger partial charge in [0, 0.05) is 29.3 Å². The summed E-state index contributed by atoms with van der Waals surface area (Å²) in [6.07, 6.45) is 3.27. The number of aryl methyl sites for hydroxylation is 1. The van der Waals surface area contributed by atoms with Crippen molar-refractivity contribution in [2.75, 3.05) is 5.32 Å². The van der Waals surface area contributed by atoms with Gasteiger partial charge in [0.15, 0.2) is 5.76 Å². The number of aromatic nitrogens is 4. The minimum atomic E-state index is -0.476. The van der Waals surface area contributed by atoms with Crippen LogP contribution in [0, 0.1) is 6.92 Å². The van der Waals surface area contributed by atoms with E-state index in [1.165, 1.54) is 0 Å². The van der Waals surface area contributed by atoms with Gasteiger partial charge in [0.2, 0.25) is 5.82 Å². The molecule has 3 aromatic heterocycles. The van der Waals surface area contributed by atoms with Crippen LogP contribution in [-0.2, 0) is 6.54 Å². The van der Waals surface area contributed by atoms with E-state index in [9.17, 15) is 4.79 Å². The molecule has 8 nitrogen and oxygen atoms in total. The summed E-state index contributed by atoms with van der Waals surface area (Å²) < 4.78 is 5.49. The Morgan fingerprint density at radius 2 is 1.89 bits per heavy atom. The molecule has 180 valence electrons. The van der Waals surface area contributed by atoms with E-state index in [1.807, 2.05) is 54.6 Å². The molecule has 0 bridgehead atoms. The molecule has 0 saturated heterocycles. The Morgan fingerprint density at radius 3 is 2.69 bits per heavy atom. The predicted octanol–water partition coefficient (Wildman–Crippen LogP) is 5.76. The summed E-state index contributed by atoms with van der Waals surface area (Å²) in [4.78, 5) is 25.9. The van der Waals surface area contributed by atoms with E-state index in [0.717, 1.165) is 16.5 Å². The molecule has 1 amide bonds. The fourth-order valence-corrected chi connectivity index (χ4v) is 4.11. The molecule has 0 aliphatic heterocycles. The maximum absolute atomic E-state index is 13.1. The van der Waals surface area contributed by atoms with Gasteiger partial charge in [0.05, 0.1) is 11.6 Å². The van der Waals surface area contributed by atoms with Crippen molar-refractivity contribution in [2.45, 2.75) is 19.5 Å². The molecule has 1 atom stereocenters. The molecule has 0 saturated carbocycles. The molecule has 0 radical (unpaired) electrons. The number of carbonyl (C=O) groups excluding carboxylic acids is 1. The number of para-hydroxylation sites is 1. The number of halogens is 2. The quantitative estimate of drug-likeness (QED) is 0.264. The first-order valence-electron chi connectivity index (χ1n) is 11.1. The number of nitrogens with zero attached hydrogens (tertiary/aromatic N) is 4. The van der Waals surface area contributed by atoms with E-state index in [-0.39, 0.29) is 5.82 Å². The number of pyridine rings is 1. The average Bonchev–Trinajstić information content (AvgIpc) is 3.24. The molecular formula is C26H20Cl2N6O2. The molecule has 0 spiro atoms. The van der Waals surface area contributed by atoms with Crippen molar-refractivity contribution < 1.29 is 9.32 Å². The van der Waals surface area contributed by atoms with Crippen molar-refractivity contribution in [3.05, 3.63) is 112 Å². The van der Waals surface area contributed by atoms with Crippen molar-refractivity contribution in [1.29, 1.82) is 0 Å². The van der Waals surface area contributed by atoms with Crippen molar-refractivity contribution in [3.63, 3.8) is 0 Å². The van der Waals surface area contributed by atoms with Crippen molar-refractivity contribution in [2.24, 2.45) is 0 Å². The van der Waals surface area contributed by atoms with Gasteiger partial charge in [-0.1, -0.05) is 64.8 Å². The third-order valence-corrected chi connectivity index (χ3v) is 6.03. The standard InChI is InChI=1S/C26H20Cl2N6O2/c1-15-22(33-26(35)25-31-13-17-6-2-3-8-20(17)32-25)24(34-36-15)23(18-9-10-21(28)29-14-18)30-12-16-5-4-7-19(27)11-16/h2-11,13-14,23,30H,12H2,1H3,(H,33,35). The molecule has 1 unspecified atom stereocenters. The zero-order valence-corrected chi connectivity index (χ0v) is 20.6. The lowest BCUT2D eigenvalue weighted by Gasteiger charge is -2.19. The third kappa shape index (κ3) is 5.21. The summed E-state index contributed by atoms with van der Waals surface area (Å²) in [5.41, 5.74) is 3.34. The highest BCUT2D eigenvalue weighted by Crippen LogP contribution is 2.31. The van der Waals surface area contributed by atoms with Crippen LogP contribution in [0.4, 0.5) is 5.69 Å². The van der Waals surface area contributed by atoms with Crippen LogP contribution in [0.2, 0.25) is 10.2 Å². The van der Waals surface area contributed by atoms with Gasteiger partial charge in [-0.3, -0.25) is 4.79 Å². The van der Waals surface area contributed by atoms with Crippen LogP contribution < -0.4 is 10.6 Å². The van der Waals surface area contributed by atoms with Gasteiger partial charge >= 0.3 is 0 Å². The summed E-state index contributed by atoms with van der Waals surface area (Å²) in [5, 5.41) is 12.5. The van der Waals surface area contributed by atoms with Gasteiger partial charge in [0.1, 0.15) is 16.5 Å². The Labute approximate surface area is 216 Å². The number of hydrogen-bond donors (Lipinski definition) is 2. The minimum Gasteiger partial charge on any atom is -0.359 e. The Kier molecular flexibility index (Phi) is 6.90. The van der Waals surface area contributed by atoms with E-state index < -0.39 is 11.9 Å². The second-order valence-electron chi connectivity index (χ2n) is 8.06. The Hall–Kier alpha value is -3.85. The maximum Gasteiger partial charge on any atom is 0.293 e. The molecule has 36 heavy (non-hydrogen) atoms. The second kappa shape index (κ2) is 10.4. The average molecular weight is 519 g/mol. The number of anilines is 1. The number of rotatable bonds is 7. The molecular weight excluding hydrogens is 499 g/mol. The van der Waals surface area contributed by atoms with Gasteiger partial charge < -0.3 is 15.2 Å². The first-order chi connectivity index (χ1) is 17.5. The molecule has 5 rings (SSSR count). The zero-order valence-electron chi connectivity index (χ0n) is 19.1. The fraction of sp³-hybridized carbons (Fsp3) is 0.115. The van der Waals surface area contributed by atoms with Gasteiger partial charge in [-0.05, 0) is 42.3 Å². The lowest BCUT2D eigenvalue weighted by atomic mass is 10.0. The molecule has 5 aromatic rings. The van der Waals surface area contributed by atoms with Crippen LogP contribution in [0.15, 0.2) is 77.6 Å². The second-order valence-corrected chi connectivity index (χ2v) is 8.89. The summed E-state index contributed by atoms with van der Waals surface area (Å²) in [6.45, 7) is 2.20. The van der Waals surface area contributed by atoms with E-state index in [1.54, 1.807) is 25.4 Å². The van der Waals surface area contributed by atoms with Crippen LogP contribution >= 0.6 is 23.2 Å². The van der Waals surface area contributed by atoms with E-state index in [4.69, 9.17) is 27.7 Å². The number of amides is 1. The molecule has 0 fully saturated rings. The van der Waals surface area contributed by atoms with Crippen molar-refractivity contribution in [3.8, 4) is 0 Å². The van der Waals surface area contributed by atoms with Crippen molar-refractivity contribution >= 4 is 45.7 Å². The van der Waals surface area contributed by atoms with Gasteiger partial charge in [-0.2, -0.15) is 0 Å². The Morgan fingerprint density at radius 1 is 1.03 bits per heavy atom. The van der Waals surface area contributed by atoms with E-state index in [2.05, 4.69) is 30.7 Å². The zero-order chi connectivity index (χ0) is 25.1. The van der Waals surface area contributed by atoms with Gasteiger partial charge in [0.25, 0.3) is 5.91 Å². The number of benzene rings is 2. The molecule has 3 heterocycles. The molecule has 2 aromatic carbocycles. The summed E-state index contributed by atoms with van der Waals surface area (Å²) in [6, 6.07) is 18.1. The maximum atomic E-state index is 13.1. The number of fused-ring (bicyclic) bond motifs is 1. The topological polar surface area (TPSA) is 106 Å². The predicted molar refractivity (Wildman–Crippen MR) is 138 cm³/mol. The normalized spacial score (nSPS) is 12.0. The minimum absolute atomic E-state index is 0.0387. The van der Waals surface area contributed by atoms with Crippen LogP contribution in [0.1, 0.15) is 39.2 Å². The highest BCUT2D eigenvalue weighted by atomic mass is 35.5. The van der Waals surface area contributed by atoms with Gasteiger partial charge in [-0.15, -0.1) is 0 Å². The Bertz CT molecular complexity index is 1540. The van der Waals surface area contributed by atoms with Crippen LogP contribution in [0.5, 0.6) is 0 Å². The number of nitrogens with one attached hydrogen (secondary N) is 2. The van der Waals surface area contributed by atoms with Crippen LogP contribution in [-0.4, -0.2) is 26.0 Å². The summed E-state index contributed by atoms with van der Waals surface area (Å²) in [7, 11) is 0. The highest BCUT2D eigenvalue weighted by molar-refractivity contribution is 6.30. The van der Waals surface area contributed by atoms with E-state index >= 15 is 0 Å². The number of hydrogen-bond acceptors (Lipinski definition) is 7. The number of carbonyl (C=O) groups is 1. The summed E-state index contributed by atoms with van der Waals surface area (Å²) in [5.74, 6) is 0.00332.